The molecule has 2 aromatic carbocycles. The van der Waals surface area contributed by atoms with E-state index >= 15 is 0 Å². The van der Waals surface area contributed by atoms with Crippen LogP contribution in [-0.2, 0) is 0 Å². The number of carbonyl (C=O) groups is 1. The number of aromatic nitrogens is 3. The monoisotopic (exact) mass is 454 g/mol. The molecule has 0 bridgehead atoms. The van der Waals surface area contributed by atoms with Crippen molar-refractivity contribution in [3.8, 4) is 10.9 Å². The number of anilines is 1. The summed E-state index contributed by atoms with van der Waals surface area (Å²) in [6.07, 6.45) is 0. The van der Waals surface area contributed by atoms with E-state index in [-0.39, 0.29) is 11.4 Å². The third kappa shape index (κ3) is 3.96. The molecule has 0 unspecified atom stereocenters. The minimum absolute atomic E-state index is 0.231. The van der Waals surface area contributed by atoms with Crippen LogP contribution in [0.1, 0.15) is 16.1 Å². The van der Waals surface area contributed by atoms with E-state index in [2.05, 4.69) is 15.4 Å². The van der Waals surface area contributed by atoms with E-state index in [4.69, 9.17) is 4.74 Å². The van der Waals surface area contributed by atoms with Crippen LogP contribution in [0.25, 0.3) is 15.3 Å². The Morgan fingerprint density at radius 3 is 2.41 bits per heavy atom. The maximum absolute atomic E-state index is 12.8. The van der Waals surface area contributed by atoms with Gasteiger partial charge in [0.2, 0.25) is 5.13 Å². The number of non-ortho nitro benzene ring substituents is 2. The highest BCUT2D eigenvalue weighted by Gasteiger charge is 2.21. The van der Waals surface area contributed by atoms with Gasteiger partial charge in [-0.05, 0) is 25.1 Å². The molecule has 4 rings (SSSR count). The van der Waals surface area contributed by atoms with Crippen LogP contribution in [0, 0.1) is 27.2 Å². The van der Waals surface area contributed by atoms with Crippen molar-refractivity contribution >= 4 is 44.7 Å². The lowest BCUT2D eigenvalue weighted by molar-refractivity contribution is -0.394. The van der Waals surface area contributed by atoms with Crippen LogP contribution < -0.4 is 10.1 Å². The number of nitrogens with zero attached hydrogens (tertiary/aromatic N) is 5. The van der Waals surface area contributed by atoms with Crippen molar-refractivity contribution in [1.82, 2.24) is 14.8 Å². The van der Waals surface area contributed by atoms with Crippen LogP contribution in [0.5, 0.6) is 5.75 Å². The fraction of sp³-hybridized carbons (Fsp3) is 0.105. The van der Waals surface area contributed by atoms with E-state index in [0.717, 1.165) is 22.9 Å². The smallest absolute Gasteiger partial charge is 0.277 e. The first-order chi connectivity index (χ1) is 15.2. The number of benzene rings is 2. The zero-order valence-corrected chi connectivity index (χ0v) is 17.5. The summed E-state index contributed by atoms with van der Waals surface area (Å²) in [5.41, 5.74) is -0.0543. The van der Waals surface area contributed by atoms with Crippen LogP contribution in [0.3, 0.4) is 0 Å². The highest BCUT2D eigenvalue weighted by molar-refractivity contribution is 7.20. The molecule has 0 fully saturated rings. The summed E-state index contributed by atoms with van der Waals surface area (Å²) >= 11 is 1.32. The Hall–Kier alpha value is -4.39. The first-order valence-electron chi connectivity index (χ1n) is 9.02. The van der Waals surface area contributed by atoms with Gasteiger partial charge in [-0.3, -0.25) is 25.0 Å². The minimum Gasteiger partial charge on any atom is -0.497 e. The Kier molecular flexibility index (Phi) is 5.24. The van der Waals surface area contributed by atoms with Crippen molar-refractivity contribution in [2.75, 3.05) is 12.4 Å². The summed E-state index contributed by atoms with van der Waals surface area (Å²) in [5.74, 6) is 0.165. The quantitative estimate of drug-likeness (QED) is 0.340. The SMILES string of the molecule is COc1ccc2nc(-n3nc(C)cc3NC(=O)c3cc([N+](=O)[O-])cc([N+](=O)[O-])c3)sc2c1. The number of carbonyl (C=O) groups excluding carboxylic acids is 1. The second kappa shape index (κ2) is 8.03. The molecule has 0 saturated heterocycles. The van der Waals surface area contributed by atoms with Crippen molar-refractivity contribution < 1.29 is 19.4 Å². The highest BCUT2D eigenvalue weighted by atomic mass is 32.1. The van der Waals surface area contributed by atoms with Gasteiger partial charge in [0.25, 0.3) is 17.3 Å². The maximum Gasteiger partial charge on any atom is 0.277 e. The van der Waals surface area contributed by atoms with Gasteiger partial charge in [-0.15, -0.1) is 0 Å². The summed E-state index contributed by atoms with van der Waals surface area (Å²) in [7, 11) is 1.56. The average Bonchev–Trinajstić information content (AvgIpc) is 3.35. The molecule has 1 amide bonds. The molecule has 0 aliphatic carbocycles. The second-order valence-corrected chi connectivity index (χ2v) is 7.63. The fourth-order valence-corrected chi connectivity index (χ4v) is 3.93. The van der Waals surface area contributed by atoms with Gasteiger partial charge in [0, 0.05) is 18.2 Å². The van der Waals surface area contributed by atoms with E-state index < -0.39 is 27.1 Å². The van der Waals surface area contributed by atoms with Crippen molar-refractivity contribution in [1.29, 1.82) is 0 Å². The van der Waals surface area contributed by atoms with Crippen LogP contribution in [0.4, 0.5) is 17.2 Å². The van der Waals surface area contributed by atoms with Gasteiger partial charge in [0.1, 0.15) is 11.6 Å². The highest BCUT2D eigenvalue weighted by Crippen LogP contribution is 2.30. The number of ether oxygens (including phenoxy) is 1. The molecule has 0 spiro atoms. The van der Waals surface area contributed by atoms with Gasteiger partial charge in [-0.2, -0.15) is 9.78 Å². The van der Waals surface area contributed by atoms with Crippen LogP contribution in [-0.4, -0.2) is 37.6 Å². The predicted octanol–water partition coefficient (Wildman–Crippen LogP) is 3.87. The van der Waals surface area contributed by atoms with Crippen molar-refractivity contribution in [2.45, 2.75) is 6.92 Å². The van der Waals surface area contributed by atoms with Crippen LogP contribution in [0.2, 0.25) is 0 Å². The zero-order valence-electron chi connectivity index (χ0n) is 16.6. The molecular formula is C19H14N6O6S. The van der Waals surface area contributed by atoms with Crippen LogP contribution in [0.15, 0.2) is 42.5 Å². The van der Waals surface area contributed by atoms with Crippen molar-refractivity contribution in [3.63, 3.8) is 0 Å². The second-order valence-electron chi connectivity index (χ2n) is 6.62. The number of amides is 1. The summed E-state index contributed by atoms with van der Waals surface area (Å²) in [5, 5.41) is 29.6. The normalized spacial score (nSPS) is 10.8. The Bertz CT molecular complexity index is 1360. The molecule has 0 aliphatic rings. The molecule has 0 saturated carbocycles. The van der Waals surface area contributed by atoms with Gasteiger partial charge in [-0.1, -0.05) is 11.3 Å². The lowest BCUT2D eigenvalue weighted by Gasteiger charge is -2.06. The van der Waals surface area contributed by atoms with E-state index in [9.17, 15) is 25.0 Å². The Morgan fingerprint density at radius 2 is 1.78 bits per heavy atom. The van der Waals surface area contributed by atoms with Gasteiger partial charge >= 0.3 is 0 Å². The molecule has 4 aromatic rings. The number of nitrogens with one attached hydrogen (secondary N) is 1. The summed E-state index contributed by atoms with van der Waals surface area (Å²) < 4.78 is 7.50. The molecule has 0 radical (unpaired) electrons. The molecule has 2 heterocycles. The lowest BCUT2D eigenvalue weighted by Crippen LogP contribution is -2.15. The van der Waals surface area contributed by atoms with Gasteiger partial charge in [0.15, 0.2) is 0 Å². The van der Waals surface area contributed by atoms with E-state index in [1.54, 1.807) is 32.2 Å². The number of nitro benzene ring substituents is 2. The number of methoxy groups -OCH3 is 1. The van der Waals surface area contributed by atoms with Crippen molar-refractivity contribution in [2.24, 2.45) is 0 Å². The number of rotatable bonds is 6. The molecule has 13 heteroatoms. The fourth-order valence-electron chi connectivity index (χ4n) is 2.97. The molecule has 12 nitrogen and oxygen atoms in total. The first-order valence-corrected chi connectivity index (χ1v) is 9.83. The number of fused-ring (bicyclic) bond motifs is 1. The third-order valence-electron chi connectivity index (χ3n) is 4.42. The zero-order chi connectivity index (χ0) is 23.0. The van der Waals surface area contributed by atoms with E-state index in [0.29, 0.717) is 22.1 Å². The Balaban J connectivity index is 1.70. The number of thiazole rings is 1. The van der Waals surface area contributed by atoms with Gasteiger partial charge < -0.3 is 10.1 Å². The molecular weight excluding hydrogens is 440 g/mol. The number of hydrogen-bond acceptors (Lipinski definition) is 9. The molecule has 1 N–H and O–H groups in total. The van der Waals surface area contributed by atoms with Gasteiger partial charge in [-0.25, -0.2) is 4.98 Å². The van der Waals surface area contributed by atoms with E-state index in [1.165, 1.54) is 16.0 Å². The lowest BCUT2D eigenvalue weighted by atomic mass is 10.1. The minimum atomic E-state index is -0.798. The summed E-state index contributed by atoms with van der Waals surface area (Å²) in [4.78, 5) is 37.9. The number of hydrogen-bond donors (Lipinski definition) is 1. The molecule has 32 heavy (non-hydrogen) atoms. The van der Waals surface area contributed by atoms with Gasteiger partial charge in [0.05, 0.1) is 44.5 Å². The summed E-state index contributed by atoms with van der Waals surface area (Å²) in [6.45, 7) is 1.72. The summed E-state index contributed by atoms with van der Waals surface area (Å²) in [6, 6.07) is 9.73. The third-order valence-corrected chi connectivity index (χ3v) is 5.42. The number of aryl methyl sites for hydroxylation is 1. The maximum atomic E-state index is 12.8. The van der Waals surface area contributed by atoms with Crippen LogP contribution >= 0.6 is 11.3 Å². The number of nitro groups is 2. The van der Waals surface area contributed by atoms with Crippen molar-refractivity contribution in [3.05, 3.63) is 74.0 Å². The average molecular weight is 454 g/mol. The Labute approximate surface area is 183 Å². The molecule has 0 atom stereocenters. The Morgan fingerprint density at radius 1 is 1.09 bits per heavy atom. The molecule has 0 aliphatic heterocycles. The predicted molar refractivity (Wildman–Crippen MR) is 116 cm³/mol. The molecule has 162 valence electrons. The standard InChI is InChI=1S/C19H14N6O6S/c1-10-5-17(21-18(26)11-6-12(24(27)28)8-13(7-11)25(29)30)23(22-10)19-20-15-4-3-14(31-2)9-16(15)32-19/h3-9H,1-2H3,(H,21,26). The topological polar surface area (TPSA) is 155 Å². The first kappa shape index (κ1) is 20.9. The molecule has 2 aromatic heterocycles. The largest absolute Gasteiger partial charge is 0.497 e. The van der Waals surface area contributed by atoms with E-state index in [1.807, 2.05) is 6.07 Å².